The Morgan fingerprint density at radius 3 is 2.46 bits per heavy atom. The molecule has 0 saturated carbocycles. The second-order valence-electron chi connectivity index (χ2n) is 9.61. The van der Waals surface area contributed by atoms with Crippen LogP contribution >= 0.6 is 0 Å². The van der Waals surface area contributed by atoms with Crippen LogP contribution in [0.15, 0.2) is 48.5 Å². The van der Waals surface area contributed by atoms with Gasteiger partial charge in [-0.05, 0) is 49.4 Å². The summed E-state index contributed by atoms with van der Waals surface area (Å²) in [6, 6.07) is 14.5. The van der Waals surface area contributed by atoms with Crippen LogP contribution in [0.3, 0.4) is 0 Å². The van der Waals surface area contributed by atoms with Crippen molar-refractivity contribution >= 4 is 11.8 Å². The predicted molar refractivity (Wildman–Crippen MR) is 142 cm³/mol. The molecule has 202 valence electrons. The molecule has 1 aliphatic rings. The van der Waals surface area contributed by atoms with Crippen LogP contribution in [0.2, 0.25) is 0 Å². The number of methoxy groups -OCH3 is 2. The van der Waals surface area contributed by atoms with Crippen molar-refractivity contribution in [2.45, 2.75) is 39.2 Å². The molecule has 1 heterocycles. The summed E-state index contributed by atoms with van der Waals surface area (Å²) in [5.74, 6) is 1.84. The van der Waals surface area contributed by atoms with Crippen molar-refractivity contribution in [2.75, 3.05) is 53.7 Å². The molecular weight excluding hydrogens is 472 g/mol. The number of benzene rings is 2. The summed E-state index contributed by atoms with van der Waals surface area (Å²) in [6.45, 7) is 6.55. The summed E-state index contributed by atoms with van der Waals surface area (Å²) in [4.78, 5) is 30.6. The second-order valence-corrected chi connectivity index (χ2v) is 9.61. The third-order valence-corrected chi connectivity index (χ3v) is 6.40. The van der Waals surface area contributed by atoms with Gasteiger partial charge in [-0.2, -0.15) is 0 Å². The Balaban J connectivity index is 1.83. The van der Waals surface area contributed by atoms with Crippen molar-refractivity contribution in [3.8, 4) is 17.2 Å². The second kappa shape index (κ2) is 14.5. The number of fused-ring (bicyclic) bond motifs is 1. The van der Waals surface area contributed by atoms with E-state index in [1.807, 2.05) is 35.2 Å². The van der Waals surface area contributed by atoms with Gasteiger partial charge < -0.3 is 28.7 Å². The highest BCUT2D eigenvalue weighted by Gasteiger charge is 2.28. The van der Waals surface area contributed by atoms with Gasteiger partial charge in [0, 0.05) is 26.7 Å². The summed E-state index contributed by atoms with van der Waals surface area (Å²) >= 11 is 0. The third-order valence-electron chi connectivity index (χ3n) is 6.40. The molecule has 0 spiro atoms. The van der Waals surface area contributed by atoms with E-state index in [0.717, 1.165) is 19.3 Å². The molecule has 0 saturated heterocycles. The molecule has 1 aliphatic heterocycles. The zero-order valence-corrected chi connectivity index (χ0v) is 22.5. The molecular formula is C29H40N2O6. The van der Waals surface area contributed by atoms with Gasteiger partial charge in [-0.15, -0.1) is 0 Å². The van der Waals surface area contributed by atoms with Gasteiger partial charge in [0.1, 0.15) is 12.4 Å². The average Bonchev–Trinajstić information content (AvgIpc) is 2.90. The topological polar surface area (TPSA) is 77.5 Å². The maximum absolute atomic E-state index is 13.5. The SMILES string of the molecule is COCCN1CCCCN(C(=O)COc2ccccc2OC)[C@@H](CC(C)C)COc2ccccc2C1=O. The van der Waals surface area contributed by atoms with E-state index >= 15 is 0 Å². The van der Waals surface area contributed by atoms with Crippen LogP contribution in [0.5, 0.6) is 17.2 Å². The standard InChI is InChI=1S/C29H40N2O6/c1-22(2)19-23-20-36-25-12-6-5-11-24(25)29(33)30(17-18-34-3)15-9-10-16-31(23)28(32)21-37-27-14-8-7-13-26(27)35-4/h5-8,11-14,22-23H,9-10,15-21H2,1-4H3/t23-/m0/s1. The number of para-hydroxylation sites is 3. The molecule has 2 amide bonds. The number of carbonyl (C=O) groups is 2. The number of hydrogen-bond acceptors (Lipinski definition) is 6. The van der Waals surface area contributed by atoms with Gasteiger partial charge in [0.15, 0.2) is 18.1 Å². The number of carbonyl (C=O) groups excluding carboxylic acids is 2. The van der Waals surface area contributed by atoms with Gasteiger partial charge >= 0.3 is 0 Å². The van der Waals surface area contributed by atoms with Gasteiger partial charge in [-0.3, -0.25) is 9.59 Å². The van der Waals surface area contributed by atoms with Crippen LogP contribution in [0.4, 0.5) is 0 Å². The molecule has 0 fully saturated rings. The Hall–Kier alpha value is -3.26. The van der Waals surface area contributed by atoms with E-state index in [1.54, 1.807) is 37.3 Å². The number of nitrogens with zero attached hydrogens (tertiary/aromatic N) is 2. The highest BCUT2D eigenvalue weighted by molar-refractivity contribution is 5.97. The summed E-state index contributed by atoms with van der Waals surface area (Å²) in [7, 11) is 3.21. The van der Waals surface area contributed by atoms with Crippen LogP contribution in [0.25, 0.3) is 0 Å². The van der Waals surface area contributed by atoms with Gasteiger partial charge in [0.05, 0.1) is 25.3 Å². The zero-order valence-electron chi connectivity index (χ0n) is 22.5. The molecule has 8 nitrogen and oxygen atoms in total. The molecule has 1 atom stereocenters. The molecule has 0 radical (unpaired) electrons. The van der Waals surface area contributed by atoms with Crippen molar-refractivity contribution in [1.29, 1.82) is 0 Å². The number of rotatable bonds is 9. The molecule has 2 aromatic rings. The van der Waals surface area contributed by atoms with Crippen LogP contribution in [-0.4, -0.2) is 81.3 Å². The van der Waals surface area contributed by atoms with E-state index < -0.39 is 0 Å². The lowest BCUT2D eigenvalue weighted by atomic mass is 10.0. The number of amides is 2. The fourth-order valence-corrected chi connectivity index (χ4v) is 4.53. The summed E-state index contributed by atoms with van der Waals surface area (Å²) < 4.78 is 22.7. The van der Waals surface area contributed by atoms with Crippen LogP contribution in [0.1, 0.15) is 43.5 Å². The molecule has 37 heavy (non-hydrogen) atoms. The molecule has 0 aromatic heterocycles. The maximum atomic E-state index is 13.5. The van der Waals surface area contributed by atoms with Gasteiger partial charge in [0.25, 0.3) is 11.8 Å². The van der Waals surface area contributed by atoms with Crippen LogP contribution in [-0.2, 0) is 9.53 Å². The number of ether oxygens (including phenoxy) is 4. The van der Waals surface area contributed by atoms with E-state index in [4.69, 9.17) is 18.9 Å². The average molecular weight is 513 g/mol. The van der Waals surface area contributed by atoms with Crippen molar-refractivity contribution in [3.05, 3.63) is 54.1 Å². The van der Waals surface area contributed by atoms with Crippen molar-refractivity contribution in [3.63, 3.8) is 0 Å². The fraction of sp³-hybridized carbons (Fsp3) is 0.517. The first-order valence-corrected chi connectivity index (χ1v) is 13.0. The Morgan fingerprint density at radius 1 is 1.03 bits per heavy atom. The lowest BCUT2D eigenvalue weighted by Gasteiger charge is -2.34. The van der Waals surface area contributed by atoms with E-state index in [9.17, 15) is 9.59 Å². The summed E-state index contributed by atoms with van der Waals surface area (Å²) in [6.07, 6.45) is 2.30. The minimum absolute atomic E-state index is 0.0632. The Bertz CT molecular complexity index is 1010. The maximum Gasteiger partial charge on any atom is 0.260 e. The van der Waals surface area contributed by atoms with E-state index in [2.05, 4.69) is 13.8 Å². The monoisotopic (exact) mass is 512 g/mol. The zero-order chi connectivity index (χ0) is 26.6. The quantitative estimate of drug-likeness (QED) is 0.499. The lowest BCUT2D eigenvalue weighted by Crippen LogP contribution is -2.47. The van der Waals surface area contributed by atoms with Gasteiger partial charge in [-0.1, -0.05) is 38.1 Å². The Labute approximate surface area is 220 Å². The molecule has 0 aliphatic carbocycles. The summed E-state index contributed by atoms with van der Waals surface area (Å²) in [5.41, 5.74) is 0.528. The smallest absolute Gasteiger partial charge is 0.260 e. The van der Waals surface area contributed by atoms with Crippen molar-refractivity contribution in [1.82, 2.24) is 9.80 Å². The molecule has 0 N–H and O–H groups in total. The van der Waals surface area contributed by atoms with Crippen molar-refractivity contribution < 1.29 is 28.5 Å². The normalized spacial score (nSPS) is 16.9. The van der Waals surface area contributed by atoms with Crippen molar-refractivity contribution in [2.24, 2.45) is 5.92 Å². The van der Waals surface area contributed by atoms with E-state index in [1.165, 1.54) is 0 Å². The molecule has 3 rings (SSSR count). The number of hydrogen-bond donors (Lipinski definition) is 0. The highest BCUT2D eigenvalue weighted by Crippen LogP contribution is 2.27. The third kappa shape index (κ3) is 8.12. The Kier molecular flexibility index (Phi) is 11.1. The minimum atomic E-state index is -0.152. The van der Waals surface area contributed by atoms with Gasteiger partial charge in [-0.25, -0.2) is 0 Å². The molecule has 8 heteroatoms. The largest absolute Gasteiger partial charge is 0.493 e. The predicted octanol–water partition coefficient (Wildman–Crippen LogP) is 4.28. The lowest BCUT2D eigenvalue weighted by molar-refractivity contribution is -0.137. The van der Waals surface area contributed by atoms with Gasteiger partial charge in [0.2, 0.25) is 0 Å². The van der Waals surface area contributed by atoms with E-state index in [-0.39, 0.29) is 24.5 Å². The molecule has 0 unspecified atom stereocenters. The van der Waals surface area contributed by atoms with Crippen LogP contribution < -0.4 is 14.2 Å². The first-order valence-electron chi connectivity index (χ1n) is 13.0. The summed E-state index contributed by atoms with van der Waals surface area (Å²) in [5, 5.41) is 0. The molecule has 0 bridgehead atoms. The minimum Gasteiger partial charge on any atom is -0.493 e. The highest BCUT2D eigenvalue weighted by atomic mass is 16.5. The first kappa shape index (κ1) is 28.3. The van der Waals surface area contributed by atoms with Crippen LogP contribution in [0, 0.1) is 5.92 Å². The van der Waals surface area contributed by atoms with E-state index in [0.29, 0.717) is 61.6 Å². The fourth-order valence-electron chi connectivity index (χ4n) is 4.53. The molecule has 2 aromatic carbocycles. The first-order chi connectivity index (χ1) is 17.9. The Morgan fingerprint density at radius 2 is 1.73 bits per heavy atom.